The Kier molecular flexibility index (Phi) is 9.33. The lowest BCUT2D eigenvalue weighted by Gasteiger charge is -2.42. The van der Waals surface area contributed by atoms with Crippen LogP contribution in [0, 0.1) is 0 Å². The van der Waals surface area contributed by atoms with Gasteiger partial charge < -0.3 is 9.84 Å². The predicted molar refractivity (Wildman–Crippen MR) is 81.0 cm³/mol. The SMILES string of the molecule is OCC(I)COCCC(F)(F)C(F)(F)C(F)(F)C(F)(F)C(F)(F)C(F)(F)C(F)(F)C(F)(F)F. The van der Waals surface area contributed by atoms with Gasteiger partial charge in [-0.15, -0.1) is 0 Å². The van der Waals surface area contributed by atoms with Crippen LogP contribution in [-0.4, -0.2) is 76.5 Å². The second-order valence-corrected chi connectivity index (χ2v) is 8.01. The molecule has 0 aliphatic rings. The zero-order valence-corrected chi connectivity index (χ0v) is 17.2. The van der Waals surface area contributed by atoms with Crippen molar-refractivity contribution in [2.24, 2.45) is 0 Å². The molecule has 0 rings (SSSR count). The molecule has 0 saturated heterocycles. The molecule has 0 aliphatic carbocycles. The second-order valence-electron chi connectivity index (χ2n) is 6.25. The van der Waals surface area contributed by atoms with Gasteiger partial charge >= 0.3 is 47.6 Å². The number of aliphatic hydroxyl groups is 1. The summed E-state index contributed by atoms with van der Waals surface area (Å²) in [6.07, 6.45) is -10.4. The number of hydrogen-bond donors (Lipinski definition) is 1. The second kappa shape index (κ2) is 9.49. The van der Waals surface area contributed by atoms with Crippen molar-refractivity contribution in [3.8, 4) is 0 Å². The first-order valence-electron chi connectivity index (χ1n) is 7.74. The van der Waals surface area contributed by atoms with E-state index >= 15 is 0 Å². The molecular weight excluding hydrogens is 638 g/mol. The highest BCUT2D eigenvalue weighted by molar-refractivity contribution is 14.1. The molecule has 0 aromatic rings. The van der Waals surface area contributed by atoms with Crippen molar-refractivity contribution in [1.29, 1.82) is 0 Å². The van der Waals surface area contributed by atoms with E-state index in [0.717, 1.165) is 0 Å². The number of hydrogen-bond acceptors (Lipinski definition) is 2. The van der Waals surface area contributed by atoms with Crippen molar-refractivity contribution in [2.45, 2.75) is 58.0 Å². The molecule has 0 spiro atoms. The van der Waals surface area contributed by atoms with Gasteiger partial charge in [-0.1, -0.05) is 22.6 Å². The number of alkyl halides is 18. The standard InChI is InChI=1S/C13H10F17IO2/c14-6(15,1-2-33-4-5(31)3-32)7(16,17)8(18,19)9(20,21)10(22,23)11(24,25)12(26,27)13(28,29)30/h5,32H,1-4H2. The summed E-state index contributed by atoms with van der Waals surface area (Å²) in [5.41, 5.74) is 0. The molecule has 20 heteroatoms. The molecule has 1 unspecified atom stereocenters. The molecule has 1 N–H and O–H groups in total. The van der Waals surface area contributed by atoms with Gasteiger partial charge in [0.2, 0.25) is 0 Å². The van der Waals surface area contributed by atoms with E-state index < -0.39 is 77.8 Å². The normalized spacial score (nSPS) is 16.8. The van der Waals surface area contributed by atoms with Crippen LogP contribution in [0.5, 0.6) is 0 Å². The van der Waals surface area contributed by atoms with Crippen molar-refractivity contribution in [3.63, 3.8) is 0 Å². The van der Waals surface area contributed by atoms with Gasteiger partial charge in [-0.25, -0.2) is 0 Å². The molecule has 0 radical (unpaired) electrons. The monoisotopic (exact) mass is 648 g/mol. The molecule has 0 bridgehead atoms. The summed E-state index contributed by atoms with van der Waals surface area (Å²) < 4.78 is 225. The van der Waals surface area contributed by atoms with Crippen LogP contribution in [0.2, 0.25) is 0 Å². The Bertz CT molecular complexity index is 660. The third-order valence-electron chi connectivity index (χ3n) is 3.84. The molecule has 2 nitrogen and oxygen atoms in total. The van der Waals surface area contributed by atoms with Crippen LogP contribution < -0.4 is 0 Å². The van der Waals surface area contributed by atoms with E-state index in [4.69, 9.17) is 5.11 Å². The first-order valence-corrected chi connectivity index (χ1v) is 8.99. The fourth-order valence-electron chi connectivity index (χ4n) is 1.82. The van der Waals surface area contributed by atoms with E-state index in [9.17, 15) is 74.6 Å². The largest absolute Gasteiger partial charge is 0.460 e. The van der Waals surface area contributed by atoms with Crippen molar-refractivity contribution in [1.82, 2.24) is 0 Å². The minimum Gasteiger partial charge on any atom is -0.395 e. The molecular formula is C13H10F17IO2. The lowest BCUT2D eigenvalue weighted by atomic mass is 9.88. The van der Waals surface area contributed by atoms with Crippen LogP contribution in [0.15, 0.2) is 0 Å². The summed E-state index contributed by atoms with van der Waals surface area (Å²) in [6, 6.07) is 0. The Morgan fingerprint density at radius 1 is 0.576 bits per heavy atom. The average Bonchev–Trinajstić information content (AvgIpc) is 2.62. The Morgan fingerprint density at radius 2 is 0.909 bits per heavy atom. The lowest BCUT2D eigenvalue weighted by molar-refractivity contribution is -0.462. The van der Waals surface area contributed by atoms with Crippen molar-refractivity contribution in [2.75, 3.05) is 19.8 Å². The molecule has 0 saturated carbocycles. The first-order chi connectivity index (χ1) is 14.2. The summed E-state index contributed by atoms with van der Waals surface area (Å²) in [6.45, 7) is -3.06. The summed E-state index contributed by atoms with van der Waals surface area (Å²) >= 11 is 1.41. The van der Waals surface area contributed by atoms with E-state index in [2.05, 4.69) is 4.74 Å². The third-order valence-corrected chi connectivity index (χ3v) is 4.60. The zero-order chi connectivity index (χ0) is 27.1. The van der Waals surface area contributed by atoms with Gasteiger partial charge in [0.05, 0.1) is 23.7 Å². The topological polar surface area (TPSA) is 29.5 Å². The summed E-state index contributed by atoms with van der Waals surface area (Å²) in [5.74, 6) is -56.3. The maximum absolute atomic E-state index is 13.5. The molecule has 200 valence electrons. The van der Waals surface area contributed by atoms with Crippen LogP contribution in [-0.2, 0) is 4.74 Å². The molecule has 0 aromatic carbocycles. The van der Waals surface area contributed by atoms with Gasteiger partial charge in [0, 0.05) is 6.42 Å². The summed E-state index contributed by atoms with van der Waals surface area (Å²) in [5, 5.41) is 8.57. The Balaban J connectivity index is 6.21. The number of rotatable bonds is 12. The third kappa shape index (κ3) is 5.20. The zero-order valence-electron chi connectivity index (χ0n) is 15.1. The minimum atomic E-state index is -8.63. The fraction of sp³-hybridized carbons (Fsp3) is 1.00. The fourth-order valence-corrected chi connectivity index (χ4v) is 2.07. The average molecular weight is 648 g/mol. The van der Waals surface area contributed by atoms with Gasteiger partial charge in [0.15, 0.2) is 0 Å². The van der Waals surface area contributed by atoms with Crippen molar-refractivity contribution in [3.05, 3.63) is 0 Å². The van der Waals surface area contributed by atoms with E-state index in [1.807, 2.05) is 0 Å². The molecule has 0 fully saturated rings. The highest BCUT2D eigenvalue weighted by Crippen LogP contribution is 2.64. The number of ether oxygens (including phenoxy) is 1. The van der Waals surface area contributed by atoms with E-state index in [0.29, 0.717) is 0 Å². The van der Waals surface area contributed by atoms with Gasteiger partial charge in [-0.2, -0.15) is 74.6 Å². The molecule has 1 atom stereocenters. The van der Waals surface area contributed by atoms with Gasteiger partial charge in [0.25, 0.3) is 0 Å². The van der Waals surface area contributed by atoms with Crippen LogP contribution in [0.4, 0.5) is 74.6 Å². The smallest absolute Gasteiger partial charge is 0.395 e. The lowest BCUT2D eigenvalue weighted by Crippen LogP contribution is -2.74. The quantitative estimate of drug-likeness (QED) is 0.118. The molecule has 0 aliphatic heterocycles. The Labute approximate surface area is 185 Å². The number of halogens is 18. The van der Waals surface area contributed by atoms with E-state index in [1.54, 1.807) is 0 Å². The Hall–Kier alpha value is -0.540. The van der Waals surface area contributed by atoms with Gasteiger partial charge in [0.1, 0.15) is 0 Å². The van der Waals surface area contributed by atoms with Gasteiger partial charge in [-0.3, -0.25) is 0 Å². The van der Waals surface area contributed by atoms with E-state index in [1.165, 1.54) is 22.6 Å². The summed E-state index contributed by atoms with van der Waals surface area (Å²) in [7, 11) is 0. The van der Waals surface area contributed by atoms with Crippen LogP contribution >= 0.6 is 22.6 Å². The molecule has 0 heterocycles. The maximum atomic E-state index is 13.5. The molecule has 0 aromatic heterocycles. The highest BCUT2D eigenvalue weighted by atomic mass is 127. The molecule has 33 heavy (non-hydrogen) atoms. The Morgan fingerprint density at radius 3 is 1.24 bits per heavy atom. The van der Waals surface area contributed by atoms with Crippen molar-refractivity contribution >= 4 is 22.6 Å². The maximum Gasteiger partial charge on any atom is 0.460 e. The molecule has 0 amide bonds. The predicted octanol–water partition coefficient (Wildman–Crippen LogP) is 6.20. The van der Waals surface area contributed by atoms with Crippen molar-refractivity contribution < 1.29 is 84.5 Å². The number of aliphatic hydroxyl groups excluding tert-OH is 1. The van der Waals surface area contributed by atoms with Crippen LogP contribution in [0.25, 0.3) is 0 Å². The van der Waals surface area contributed by atoms with Crippen LogP contribution in [0.1, 0.15) is 6.42 Å². The first kappa shape index (κ1) is 32.5. The van der Waals surface area contributed by atoms with Gasteiger partial charge in [-0.05, 0) is 0 Å². The summed E-state index contributed by atoms with van der Waals surface area (Å²) in [4.78, 5) is 0. The van der Waals surface area contributed by atoms with E-state index in [-0.39, 0.29) is 0 Å². The van der Waals surface area contributed by atoms with Crippen LogP contribution in [0.3, 0.4) is 0 Å². The minimum absolute atomic E-state index is 0.677. The highest BCUT2D eigenvalue weighted by Gasteiger charge is 2.95.